The van der Waals surface area contributed by atoms with E-state index >= 15 is 0 Å². The third-order valence-corrected chi connectivity index (χ3v) is 5.46. The van der Waals surface area contributed by atoms with Crippen LogP contribution in [0.25, 0.3) is 0 Å². The van der Waals surface area contributed by atoms with Crippen molar-refractivity contribution in [1.29, 1.82) is 0 Å². The average molecular weight is 385 g/mol. The summed E-state index contributed by atoms with van der Waals surface area (Å²) in [6.07, 6.45) is 11.5. The summed E-state index contributed by atoms with van der Waals surface area (Å²) in [5.41, 5.74) is 3.64. The van der Waals surface area contributed by atoms with E-state index in [9.17, 15) is 8.42 Å². The van der Waals surface area contributed by atoms with E-state index in [2.05, 4.69) is 26.0 Å². The Morgan fingerprint density at radius 1 is 0.962 bits per heavy atom. The van der Waals surface area contributed by atoms with Crippen LogP contribution in [0.2, 0.25) is 0 Å². The second-order valence-electron chi connectivity index (χ2n) is 7.11. The van der Waals surface area contributed by atoms with Gasteiger partial charge in [-0.25, -0.2) is 0 Å². The average Bonchev–Trinajstić information content (AvgIpc) is 2.58. The number of rotatable bonds is 14. The normalized spacial score (nSPS) is 11.7. The topological polar surface area (TPSA) is 63.6 Å². The highest BCUT2D eigenvalue weighted by Gasteiger charge is 2.10. The molecule has 4 nitrogen and oxygen atoms in total. The molecule has 1 N–H and O–H groups in total. The Hall–Kier alpha value is -1.07. The minimum Gasteiger partial charge on any atom is -0.493 e. The lowest BCUT2D eigenvalue weighted by molar-refractivity contribution is 0.311. The molecule has 0 aliphatic carbocycles. The van der Waals surface area contributed by atoms with Crippen molar-refractivity contribution in [3.63, 3.8) is 0 Å². The van der Waals surface area contributed by atoms with Crippen molar-refractivity contribution < 1.29 is 17.7 Å². The van der Waals surface area contributed by atoms with Gasteiger partial charge in [0.2, 0.25) is 0 Å². The minimum absolute atomic E-state index is 0.260. The van der Waals surface area contributed by atoms with Crippen LogP contribution in [0.4, 0.5) is 0 Å². The highest BCUT2D eigenvalue weighted by molar-refractivity contribution is 7.85. The van der Waals surface area contributed by atoms with Crippen LogP contribution in [0, 0.1) is 6.92 Å². The Morgan fingerprint density at radius 3 is 2.23 bits per heavy atom. The third-order valence-electron chi connectivity index (χ3n) is 4.65. The predicted octanol–water partition coefficient (Wildman–Crippen LogP) is 5.51. The zero-order valence-electron chi connectivity index (χ0n) is 16.7. The summed E-state index contributed by atoms with van der Waals surface area (Å²) in [7, 11) is -3.91. The fourth-order valence-corrected chi connectivity index (χ4v) is 3.73. The van der Waals surface area contributed by atoms with Crippen molar-refractivity contribution in [1.82, 2.24) is 0 Å². The monoisotopic (exact) mass is 384 g/mol. The Bertz CT molecular complexity index is 623. The maximum absolute atomic E-state index is 10.8. The SMILES string of the molecule is CCCCCCCCCc1cc(C)c(OCCCS(=O)(=O)O)c(CC)c1. The largest absolute Gasteiger partial charge is 0.493 e. The maximum Gasteiger partial charge on any atom is 0.264 e. The lowest BCUT2D eigenvalue weighted by Gasteiger charge is -2.15. The standard InChI is InChI=1S/C21H36O4S/c1-4-6-7-8-9-10-11-13-19-16-18(3)21(20(5-2)17-19)25-14-12-15-26(22,23)24/h16-17H,4-15H2,1-3H3,(H,22,23,24). The molecule has 0 aliphatic heterocycles. The summed E-state index contributed by atoms with van der Waals surface area (Å²) in [4.78, 5) is 0. The van der Waals surface area contributed by atoms with Crippen molar-refractivity contribution >= 4 is 10.1 Å². The summed E-state index contributed by atoms with van der Waals surface area (Å²) in [6.45, 7) is 6.70. The molecule has 1 aromatic carbocycles. The van der Waals surface area contributed by atoms with E-state index in [0.717, 1.165) is 24.2 Å². The number of aryl methyl sites for hydroxylation is 3. The lowest BCUT2D eigenvalue weighted by Crippen LogP contribution is -2.10. The van der Waals surface area contributed by atoms with E-state index < -0.39 is 10.1 Å². The summed E-state index contributed by atoms with van der Waals surface area (Å²) in [5.74, 6) is 0.607. The second-order valence-corrected chi connectivity index (χ2v) is 8.69. The zero-order valence-corrected chi connectivity index (χ0v) is 17.5. The van der Waals surface area contributed by atoms with Crippen LogP contribution in [0.5, 0.6) is 5.75 Å². The van der Waals surface area contributed by atoms with Gasteiger partial charge in [0.05, 0.1) is 12.4 Å². The molecule has 26 heavy (non-hydrogen) atoms. The Labute approximate surface area is 160 Å². The quantitative estimate of drug-likeness (QED) is 0.339. The van der Waals surface area contributed by atoms with Crippen LogP contribution in [0.3, 0.4) is 0 Å². The van der Waals surface area contributed by atoms with Gasteiger partial charge in [-0.05, 0) is 49.3 Å². The van der Waals surface area contributed by atoms with Gasteiger partial charge in [0.1, 0.15) is 5.75 Å². The second kappa shape index (κ2) is 12.3. The van der Waals surface area contributed by atoms with Crippen molar-refractivity contribution in [2.24, 2.45) is 0 Å². The van der Waals surface area contributed by atoms with Crippen LogP contribution in [0.15, 0.2) is 12.1 Å². The molecule has 0 spiro atoms. The number of ether oxygens (including phenoxy) is 1. The van der Waals surface area contributed by atoms with Gasteiger partial charge in [-0.2, -0.15) is 8.42 Å². The number of hydrogen-bond acceptors (Lipinski definition) is 3. The summed E-state index contributed by atoms with van der Waals surface area (Å²) in [5, 5.41) is 0. The van der Waals surface area contributed by atoms with E-state index in [-0.39, 0.29) is 5.75 Å². The minimum atomic E-state index is -3.91. The van der Waals surface area contributed by atoms with Crippen LogP contribution in [-0.4, -0.2) is 25.3 Å². The third kappa shape index (κ3) is 9.58. The molecule has 0 atom stereocenters. The van der Waals surface area contributed by atoms with Gasteiger partial charge in [0, 0.05) is 0 Å². The van der Waals surface area contributed by atoms with Gasteiger partial charge in [-0.3, -0.25) is 4.55 Å². The summed E-state index contributed by atoms with van der Waals surface area (Å²) < 4.78 is 36.2. The van der Waals surface area contributed by atoms with E-state index in [0.29, 0.717) is 13.0 Å². The van der Waals surface area contributed by atoms with Crippen LogP contribution >= 0.6 is 0 Å². The first-order valence-corrected chi connectivity index (χ1v) is 11.7. The molecule has 1 aromatic rings. The molecule has 0 saturated carbocycles. The number of hydrogen-bond donors (Lipinski definition) is 1. The molecule has 0 fully saturated rings. The summed E-state index contributed by atoms with van der Waals surface area (Å²) >= 11 is 0. The molecular formula is C21H36O4S. The molecule has 0 unspecified atom stereocenters. The van der Waals surface area contributed by atoms with Gasteiger partial charge in [0.15, 0.2) is 0 Å². The lowest BCUT2D eigenvalue weighted by atomic mass is 9.98. The molecule has 0 saturated heterocycles. The first-order chi connectivity index (χ1) is 12.4. The van der Waals surface area contributed by atoms with Crippen LogP contribution < -0.4 is 4.74 Å². The Balaban J connectivity index is 2.49. The van der Waals surface area contributed by atoms with Gasteiger partial charge in [-0.15, -0.1) is 0 Å². The molecule has 0 amide bonds. The van der Waals surface area contributed by atoms with Crippen molar-refractivity contribution in [2.45, 2.75) is 85.0 Å². The van der Waals surface area contributed by atoms with Crippen LogP contribution in [0.1, 0.15) is 81.9 Å². The van der Waals surface area contributed by atoms with Gasteiger partial charge >= 0.3 is 0 Å². The van der Waals surface area contributed by atoms with Gasteiger partial charge in [-0.1, -0.05) is 64.5 Å². The molecule has 0 bridgehead atoms. The first-order valence-electron chi connectivity index (χ1n) is 10.1. The molecule has 0 aromatic heterocycles. The molecule has 1 rings (SSSR count). The molecular weight excluding hydrogens is 348 g/mol. The van der Waals surface area contributed by atoms with E-state index in [4.69, 9.17) is 9.29 Å². The summed E-state index contributed by atoms with van der Waals surface area (Å²) in [6, 6.07) is 4.41. The molecule has 0 radical (unpaired) electrons. The van der Waals surface area contributed by atoms with Gasteiger partial charge < -0.3 is 4.74 Å². The molecule has 150 valence electrons. The molecule has 0 heterocycles. The first kappa shape index (κ1) is 23.0. The smallest absolute Gasteiger partial charge is 0.264 e. The van der Waals surface area contributed by atoms with Crippen molar-refractivity contribution in [2.75, 3.05) is 12.4 Å². The molecule has 0 aliphatic rings. The van der Waals surface area contributed by atoms with Crippen molar-refractivity contribution in [3.05, 3.63) is 28.8 Å². The Morgan fingerprint density at radius 2 is 1.62 bits per heavy atom. The predicted molar refractivity (Wildman–Crippen MR) is 109 cm³/mol. The molecule has 5 heteroatoms. The number of benzene rings is 1. The van der Waals surface area contributed by atoms with E-state index in [1.807, 2.05) is 6.92 Å². The van der Waals surface area contributed by atoms with E-state index in [1.54, 1.807) is 0 Å². The van der Waals surface area contributed by atoms with Crippen molar-refractivity contribution in [3.8, 4) is 5.75 Å². The highest BCUT2D eigenvalue weighted by Crippen LogP contribution is 2.27. The fraction of sp³-hybridized carbons (Fsp3) is 0.714. The number of unbranched alkanes of at least 4 members (excludes halogenated alkanes) is 6. The Kier molecular flexibility index (Phi) is 10.9. The highest BCUT2D eigenvalue weighted by atomic mass is 32.2. The maximum atomic E-state index is 10.8. The fourth-order valence-electron chi connectivity index (χ4n) is 3.24. The zero-order chi connectivity index (χ0) is 19.4. The van der Waals surface area contributed by atoms with Crippen LogP contribution in [-0.2, 0) is 23.0 Å². The van der Waals surface area contributed by atoms with Gasteiger partial charge in [0.25, 0.3) is 10.1 Å². The van der Waals surface area contributed by atoms with E-state index in [1.165, 1.54) is 56.1 Å².